The lowest BCUT2D eigenvalue weighted by molar-refractivity contribution is -0.160. The number of anilines is 1. The molecule has 0 spiro atoms. The van der Waals surface area contributed by atoms with Crippen LogP contribution in [0.2, 0.25) is 0 Å². The van der Waals surface area contributed by atoms with Crippen LogP contribution in [-0.2, 0) is 9.53 Å². The van der Waals surface area contributed by atoms with Gasteiger partial charge in [-0.25, -0.2) is 4.79 Å². The minimum atomic E-state index is -1.10. The smallest absolute Gasteiger partial charge is 0.334 e. The van der Waals surface area contributed by atoms with Crippen LogP contribution in [0.4, 0.5) is 5.69 Å². The average molecular weight is 369 g/mol. The molecule has 1 saturated heterocycles. The molecule has 2 atom stereocenters. The number of aliphatic carboxylic acids is 1. The van der Waals surface area contributed by atoms with E-state index in [1.54, 1.807) is 49.5 Å². The van der Waals surface area contributed by atoms with E-state index in [0.29, 0.717) is 23.4 Å². The number of hydrogen-bond acceptors (Lipinski definition) is 5. The first-order chi connectivity index (χ1) is 12.9. The SMILES string of the molecule is C[C@@H]1CN(C(=O)c2cccc(NC(=O)c3cccnc3)c2)CC(C(=O)O)O1. The first kappa shape index (κ1) is 18.5. The number of benzene rings is 1. The van der Waals surface area contributed by atoms with E-state index in [-0.39, 0.29) is 24.5 Å². The number of rotatable bonds is 4. The maximum Gasteiger partial charge on any atom is 0.334 e. The van der Waals surface area contributed by atoms with E-state index in [9.17, 15) is 14.4 Å². The minimum Gasteiger partial charge on any atom is -0.479 e. The zero-order chi connectivity index (χ0) is 19.4. The van der Waals surface area contributed by atoms with Gasteiger partial charge in [-0.2, -0.15) is 0 Å². The van der Waals surface area contributed by atoms with Gasteiger partial charge >= 0.3 is 5.97 Å². The number of ether oxygens (including phenoxy) is 1. The number of carbonyl (C=O) groups excluding carboxylic acids is 2. The predicted octanol–water partition coefficient (Wildman–Crippen LogP) is 1.65. The van der Waals surface area contributed by atoms with E-state index in [4.69, 9.17) is 9.84 Å². The Hall–Kier alpha value is -3.26. The van der Waals surface area contributed by atoms with E-state index in [1.807, 2.05) is 0 Å². The van der Waals surface area contributed by atoms with Gasteiger partial charge in [-0.3, -0.25) is 14.6 Å². The Morgan fingerprint density at radius 2 is 1.96 bits per heavy atom. The third-order valence-electron chi connectivity index (χ3n) is 4.11. The van der Waals surface area contributed by atoms with Crippen molar-refractivity contribution in [2.24, 2.45) is 0 Å². The third-order valence-corrected chi connectivity index (χ3v) is 4.11. The van der Waals surface area contributed by atoms with Crippen LogP contribution in [0.5, 0.6) is 0 Å². The molecule has 8 heteroatoms. The fourth-order valence-electron chi connectivity index (χ4n) is 2.87. The molecule has 1 fully saturated rings. The first-order valence-corrected chi connectivity index (χ1v) is 8.43. The summed E-state index contributed by atoms with van der Waals surface area (Å²) < 4.78 is 5.33. The van der Waals surface area contributed by atoms with Crippen molar-refractivity contribution in [3.8, 4) is 0 Å². The van der Waals surface area contributed by atoms with Gasteiger partial charge in [-0.1, -0.05) is 6.07 Å². The Labute approximate surface area is 155 Å². The fourth-order valence-corrected chi connectivity index (χ4v) is 2.87. The largest absolute Gasteiger partial charge is 0.479 e. The maximum atomic E-state index is 12.8. The van der Waals surface area contributed by atoms with Crippen LogP contribution in [0.1, 0.15) is 27.6 Å². The molecular weight excluding hydrogens is 350 g/mol. The van der Waals surface area contributed by atoms with Gasteiger partial charge in [0.1, 0.15) is 0 Å². The summed E-state index contributed by atoms with van der Waals surface area (Å²) in [5.41, 5.74) is 1.23. The van der Waals surface area contributed by atoms with Gasteiger partial charge in [0.05, 0.1) is 18.2 Å². The Morgan fingerprint density at radius 1 is 1.19 bits per heavy atom. The van der Waals surface area contributed by atoms with E-state index >= 15 is 0 Å². The van der Waals surface area contributed by atoms with Crippen molar-refractivity contribution in [3.05, 3.63) is 59.9 Å². The summed E-state index contributed by atoms with van der Waals surface area (Å²) in [6.45, 7) is 2.00. The third kappa shape index (κ3) is 4.48. The Balaban J connectivity index is 1.74. The molecule has 27 heavy (non-hydrogen) atoms. The molecule has 1 aliphatic heterocycles. The molecule has 1 unspecified atom stereocenters. The second-order valence-electron chi connectivity index (χ2n) is 6.26. The summed E-state index contributed by atoms with van der Waals surface area (Å²) in [5, 5.41) is 11.9. The summed E-state index contributed by atoms with van der Waals surface area (Å²) in [6, 6.07) is 9.81. The molecule has 1 aliphatic rings. The highest BCUT2D eigenvalue weighted by atomic mass is 16.5. The fraction of sp³-hybridized carbons (Fsp3) is 0.263. The van der Waals surface area contributed by atoms with E-state index in [0.717, 1.165) is 0 Å². The van der Waals surface area contributed by atoms with Crippen molar-refractivity contribution >= 4 is 23.5 Å². The Morgan fingerprint density at radius 3 is 2.67 bits per heavy atom. The molecule has 1 aromatic carbocycles. The van der Waals surface area contributed by atoms with Gasteiger partial charge in [0.25, 0.3) is 11.8 Å². The van der Waals surface area contributed by atoms with Crippen molar-refractivity contribution in [1.29, 1.82) is 0 Å². The number of aromatic nitrogens is 1. The van der Waals surface area contributed by atoms with Gasteiger partial charge in [-0.05, 0) is 37.3 Å². The molecule has 2 N–H and O–H groups in total. The second-order valence-corrected chi connectivity index (χ2v) is 6.26. The number of nitrogens with one attached hydrogen (secondary N) is 1. The topological polar surface area (TPSA) is 109 Å². The number of nitrogens with zero attached hydrogens (tertiary/aromatic N) is 2. The molecule has 0 aliphatic carbocycles. The van der Waals surface area contributed by atoms with Crippen LogP contribution >= 0.6 is 0 Å². The van der Waals surface area contributed by atoms with Crippen molar-refractivity contribution in [2.45, 2.75) is 19.1 Å². The van der Waals surface area contributed by atoms with E-state index in [2.05, 4.69) is 10.3 Å². The molecular formula is C19H19N3O5. The molecule has 2 amide bonds. The number of carbonyl (C=O) groups is 3. The number of hydrogen-bond donors (Lipinski definition) is 2. The highest BCUT2D eigenvalue weighted by Gasteiger charge is 2.33. The number of morpholine rings is 1. The van der Waals surface area contributed by atoms with Gasteiger partial charge < -0.3 is 20.1 Å². The number of amides is 2. The van der Waals surface area contributed by atoms with Crippen LogP contribution < -0.4 is 5.32 Å². The quantitative estimate of drug-likeness (QED) is 0.848. The minimum absolute atomic E-state index is 0.0230. The van der Waals surface area contributed by atoms with Gasteiger partial charge in [0.15, 0.2) is 6.10 Å². The molecule has 2 aromatic rings. The highest BCUT2D eigenvalue weighted by molar-refractivity contribution is 6.05. The average Bonchev–Trinajstić information content (AvgIpc) is 2.67. The summed E-state index contributed by atoms with van der Waals surface area (Å²) in [7, 11) is 0. The van der Waals surface area contributed by atoms with Crippen LogP contribution in [0.15, 0.2) is 48.8 Å². The second kappa shape index (κ2) is 7.96. The lowest BCUT2D eigenvalue weighted by Gasteiger charge is -2.35. The monoisotopic (exact) mass is 369 g/mol. The molecule has 3 rings (SSSR count). The number of carboxylic acid groups (broad SMARTS) is 1. The van der Waals surface area contributed by atoms with Crippen molar-refractivity contribution in [2.75, 3.05) is 18.4 Å². The van der Waals surface area contributed by atoms with Crippen LogP contribution in [0.3, 0.4) is 0 Å². The maximum absolute atomic E-state index is 12.8. The van der Waals surface area contributed by atoms with Gasteiger partial charge in [0.2, 0.25) is 0 Å². The van der Waals surface area contributed by atoms with Gasteiger partial charge in [0, 0.05) is 30.2 Å². The lowest BCUT2D eigenvalue weighted by Crippen LogP contribution is -2.51. The summed E-state index contributed by atoms with van der Waals surface area (Å²) >= 11 is 0. The first-order valence-electron chi connectivity index (χ1n) is 8.43. The van der Waals surface area contributed by atoms with E-state index in [1.165, 1.54) is 11.1 Å². The van der Waals surface area contributed by atoms with Crippen LogP contribution in [0, 0.1) is 0 Å². The Bertz CT molecular complexity index is 855. The Kier molecular flexibility index (Phi) is 5.46. The number of pyridine rings is 1. The van der Waals surface area contributed by atoms with Crippen molar-refractivity contribution < 1.29 is 24.2 Å². The van der Waals surface area contributed by atoms with Crippen molar-refractivity contribution in [3.63, 3.8) is 0 Å². The number of carboxylic acids is 1. The van der Waals surface area contributed by atoms with Crippen LogP contribution in [0.25, 0.3) is 0 Å². The van der Waals surface area contributed by atoms with Crippen LogP contribution in [-0.4, -0.2) is 58.1 Å². The molecule has 0 radical (unpaired) electrons. The van der Waals surface area contributed by atoms with E-state index < -0.39 is 12.1 Å². The van der Waals surface area contributed by atoms with Gasteiger partial charge in [-0.15, -0.1) is 0 Å². The standard InChI is InChI=1S/C19H19N3O5/c1-12-10-22(11-16(27-12)19(25)26)18(24)13-4-2-6-15(8-13)21-17(23)14-5-3-7-20-9-14/h2-9,12,16H,10-11H2,1H3,(H,21,23)(H,25,26)/t12-,16?/m1/s1. The summed E-state index contributed by atoms with van der Waals surface area (Å²) in [4.78, 5) is 41.6. The zero-order valence-electron chi connectivity index (χ0n) is 14.7. The molecule has 8 nitrogen and oxygen atoms in total. The molecule has 140 valence electrons. The molecule has 0 bridgehead atoms. The molecule has 2 heterocycles. The molecule has 0 saturated carbocycles. The summed E-state index contributed by atoms with van der Waals surface area (Å²) in [5.74, 6) is -1.75. The predicted molar refractivity (Wildman–Crippen MR) is 96.5 cm³/mol. The normalized spacial score (nSPS) is 19.4. The zero-order valence-corrected chi connectivity index (χ0v) is 14.7. The highest BCUT2D eigenvalue weighted by Crippen LogP contribution is 2.18. The lowest BCUT2D eigenvalue weighted by atomic mass is 10.1. The summed E-state index contributed by atoms with van der Waals surface area (Å²) in [6.07, 6.45) is 1.60. The molecule has 1 aromatic heterocycles. The van der Waals surface area contributed by atoms with Crippen molar-refractivity contribution in [1.82, 2.24) is 9.88 Å².